The van der Waals surface area contributed by atoms with E-state index in [1.54, 1.807) is 0 Å². The molecule has 1 aliphatic heterocycles. The lowest BCUT2D eigenvalue weighted by Gasteiger charge is -2.07. The predicted octanol–water partition coefficient (Wildman–Crippen LogP) is 1.93. The van der Waals surface area contributed by atoms with Crippen LogP contribution in [0.1, 0.15) is 11.1 Å². The molecule has 0 saturated heterocycles. The van der Waals surface area contributed by atoms with Crippen molar-refractivity contribution in [1.82, 2.24) is 0 Å². The van der Waals surface area contributed by atoms with Gasteiger partial charge in [0.05, 0.1) is 7.11 Å². The number of hydrogen-bond acceptors (Lipinski definition) is 3. The molecule has 2 rings (SSSR count). The Morgan fingerprint density at radius 3 is 2.87 bits per heavy atom. The van der Waals surface area contributed by atoms with Gasteiger partial charge in [-0.2, -0.15) is 0 Å². The molecule has 4 heteroatoms. The second kappa shape index (κ2) is 4.53. The summed E-state index contributed by atoms with van der Waals surface area (Å²) in [6.07, 6.45) is 0.731. The molecule has 0 bridgehead atoms. The summed E-state index contributed by atoms with van der Waals surface area (Å²) in [5.41, 5.74) is 3.50. The van der Waals surface area contributed by atoms with Gasteiger partial charge in [0.25, 0.3) is 0 Å². The van der Waals surface area contributed by atoms with Gasteiger partial charge in [0.2, 0.25) is 0 Å². The molecule has 1 heterocycles. The van der Waals surface area contributed by atoms with Gasteiger partial charge in [0.15, 0.2) is 0 Å². The third-order valence-electron chi connectivity index (χ3n) is 2.63. The molecule has 0 spiro atoms. The minimum absolute atomic E-state index is 0. The van der Waals surface area contributed by atoms with E-state index in [2.05, 4.69) is 18.3 Å². The van der Waals surface area contributed by atoms with Crippen LogP contribution in [-0.4, -0.2) is 19.1 Å². The Morgan fingerprint density at radius 1 is 1.53 bits per heavy atom. The molecule has 15 heavy (non-hydrogen) atoms. The first-order valence-electron chi connectivity index (χ1n) is 4.65. The molecule has 82 valence electrons. The van der Waals surface area contributed by atoms with Crippen LogP contribution in [0.25, 0.3) is 0 Å². The fourth-order valence-corrected chi connectivity index (χ4v) is 1.84. The Labute approximate surface area is 95.2 Å². The van der Waals surface area contributed by atoms with Crippen molar-refractivity contribution in [3.8, 4) is 0 Å². The van der Waals surface area contributed by atoms with Crippen molar-refractivity contribution in [2.75, 3.05) is 12.4 Å². The number of carbonyl (C=O) groups excluding carboxylic acids is 1. The van der Waals surface area contributed by atoms with Crippen LogP contribution in [0.5, 0.6) is 0 Å². The quantitative estimate of drug-likeness (QED) is 0.745. The van der Waals surface area contributed by atoms with Crippen molar-refractivity contribution in [1.29, 1.82) is 0 Å². The van der Waals surface area contributed by atoms with Gasteiger partial charge in [-0.05, 0) is 24.1 Å². The number of benzene rings is 1. The highest BCUT2D eigenvalue weighted by molar-refractivity contribution is 5.85. The summed E-state index contributed by atoms with van der Waals surface area (Å²) in [4.78, 5) is 11.3. The number of fused-ring (bicyclic) bond motifs is 1. The van der Waals surface area contributed by atoms with Gasteiger partial charge >= 0.3 is 5.97 Å². The minimum Gasteiger partial charge on any atom is -0.467 e. The Balaban J connectivity index is 0.00000112. The molecule has 0 saturated carbocycles. The maximum absolute atomic E-state index is 11.3. The Morgan fingerprint density at radius 2 is 2.27 bits per heavy atom. The molecule has 0 aromatic heterocycles. The summed E-state index contributed by atoms with van der Waals surface area (Å²) in [6, 6.07) is 5.82. The summed E-state index contributed by atoms with van der Waals surface area (Å²) in [5.74, 6) is -0.194. The summed E-state index contributed by atoms with van der Waals surface area (Å²) >= 11 is 0. The second-order valence-corrected chi connectivity index (χ2v) is 3.53. The number of ether oxygens (including phenoxy) is 1. The number of nitrogens with one attached hydrogen (secondary N) is 1. The number of methoxy groups -OCH3 is 1. The van der Waals surface area contributed by atoms with Crippen LogP contribution in [-0.2, 0) is 16.0 Å². The summed E-state index contributed by atoms with van der Waals surface area (Å²) < 4.78 is 4.70. The van der Waals surface area contributed by atoms with Crippen molar-refractivity contribution < 1.29 is 9.53 Å². The zero-order valence-corrected chi connectivity index (χ0v) is 9.56. The van der Waals surface area contributed by atoms with Crippen molar-refractivity contribution in [2.45, 2.75) is 19.4 Å². The number of rotatable bonds is 1. The van der Waals surface area contributed by atoms with E-state index in [9.17, 15) is 4.79 Å². The van der Waals surface area contributed by atoms with E-state index in [0.717, 1.165) is 12.1 Å². The fraction of sp³-hybridized carbons (Fsp3) is 0.364. The van der Waals surface area contributed by atoms with Gasteiger partial charge in [-0.15, -0.1) is 12.4 Å². The normalized spacial score (nSPS) is 17.3. The topological polar surface area (TPSA) is 38.3 Å². The molecule has 1 unspecified atom stereocenters. The second-order valence-electron chi connectivity index (χ2n) is 3.53. The average molecular weight is 228 g/mol. The highest BCUT2D eigenvalue weighted by Crippen LogP contribution is 2.28. The van der Waals surface area contributed by atoms with Crippen LogP contribution in [0.15, 0.2) is 18.2 Å². The first-order valence-corrected chi connectivity index (χ1v) is 4.65. The third kappa shape index (κ3) is 2.07. The molecule has 1 aliphatic rings. The highest BCUT2D eigenvalue weighted by atomic mass is 35.5. The van der Waals surface area contributed by atoms with Gasteiger partial charge < -0.3 is 10.1 Å². The molecular weight excluding hydrogens is 214 g/mol. The number of esters is 1. The number of hydrogen-bond donors (Lipinski definition) is 1. The molecule has 0 radical (unpaired) electrons. The number of anilines is 1. The largest absolute Gasteiger partial charge is 0.467 e. The van der Waals surface area contributed by atoms with Gasteiger partial charge in [-0.3, -0.25) is 0 Å². The van der Waals surface area contributed by atoms with Crippen molar-refractivity contribution >= 4 is 24.1 Å². The maximum atomic E-state index is 11.3. The number of carbonyl (C=O) groups is 1. The Bertz CT molecular complexity index is 379. The lowest BCUT2D eigenvalue weighted by molar-refractivity contribution is -0.141. The molecule has 0 amide bonds. The van der Waals surface area contributed by atoms with Crippen molar-refractivity contribution in [3.05, 3.63) is 29.3 Å². The van der Waals surface area contributed by atoms with Crippen LogP contribution in [0, 0.1) is 6.92 Å². The van der Waals surface area contributed by atoms with Gasteiger partial charge in [-0.25, -0.2) is 4.79 Å². The van der Waals surface area contributed by atoms with E-state index in [1.165, 1.54) is 18.2 Å². The van der Waals surface area contributed by atoms with Crippen molar-refractivity contribution in [2.24, 2.45) is 0 Å². The Kier molecular flexibility index (Phi) is 3.58. The Hall–Kier alpha value is -1.22. The SMILES string of the molecule is COC(=O)C1Cc2c(C)cccc2N1.Cl. The maximum Gasteiger partial charge on any atom is 0.328 e. The van der Waals surface area contributed by atoms with Crippen LogP contribution < -0.4 is 5.32 Å². The lowest BCUT2D eigenvalue weighted by Crippen LogP contribution is -2.27. The highest BCUT2D eigenvalue weighted by Gasteiger charge is 2.27. The van der Waals surface area contributed by atoms with Crippen molar-refractivity contribution in [3.63, 3.8) is 0 Å². The number of halogens is 1. The van der Waals surface area contributed by atoms with E-state index in [1.807, 2.05) is 12.1 Å². The number of aryl methyl sites for hydroxylation is 1. The molecule has 1 atom stereocenters. The van der Waals surface area contributed by atoms with Gasteiger partial charge in [0.1, 0.15) is 6.04 Å². The van der Waals surface area contributed by atoms with Gasteiger partial charge in [-0.1, -0.05) is 12.1 Å². The average Bonchev–Trinajstić information content (AvgIpc) is 2.62. The smallest absolute Gasteiger partial charge is 0.328 e. The zero-order chi connectivity index (χ0) is 10.1. The molecular formula is C11H14ClNO2. The fourth-order valence-electron chi connectivity index (χ4n) is 1.84. The molecule has 1 aromatic carbocycles. The van der Waals surface area contributed by atoms with E-state index < -0.39 is 0 Å². The first kappa shape index (κ1) is 11.9. The monoisotopic (exact) mass is 227 g/mol. The van der Waals surface area contributed by atoms with Gasteiger partial charge in [0, 0.05) is 12.1 Å². The molecule has 1 aromatic rings. The third-order valence-corrected chi connectivity index (χ3v) is 2.63. The molecule has 3 nitrogen and oxygen atoms in total. The van der Waals surface area contributed by atoms with E-state index >= 15 is 0 Å². The molecule has 0 fully saturated rings. The van der Waals surface area contributed by atoms with E-state index in [0.29, 0.717) is 0 Å². The predicted molar refractivity (Wildman–Crippen MR) is 61.6 cm³/mol. The summed E-state index contributed by atoms with van der Waals surface area (Å²) in [7, 11) is 1.42. The van der Waals surface area contributed by atoms with Crippen LogP contribution in [0.4, 0.5) is 5.69 Å². The van der Waals surface area contributed by atoms with E-state index in [-0.39, 0.29) is 24.4 Å². The standard InChI is InChI=1S/C11H13NO2.ClH/c1-7-4-3-5-9-8(7)6-10(12-9)11(13)14-2;/h3-5,10,12H,6H2,1-2H3;1H. The molecule has 1 N–H and O–H groups in total. The summed E-state index contributed by atoms with van der Waals surface area (Å²) in [6.45, 7) is 2.06. The lowest BCUT2D eigenvalue weighted by atomic mass is 10.0. The van der Waals surface area contributed by atoms with Crippen LogP contribution in [0.2, 0.25) is 0 Å². The van der Waals surface area contributed by atoms with Crippen LogP contribution >= 0.6 is 12.4 Å². The van der Waals surface area contributed by atoms with Crippen LogP contribution in [0.3, 0.4) is 0 Å². The van der Waals surface area contributed by atoms with E-state index in [4.69, 9.17) is 4.74 Å². The minimum atomic E-state index is -0.212. The molecule has 0 aliphatic carbocycles. The zero-order valence-electron chi connectivity index (χ0n) is 8.74. The summed E-state index contributed by atoms with van der Waals surface area (Å²) in [5, 5.41) is 3.15. The first-order chi connectivity index (χ1) is 6.72.